The summed E-state index contributed by atoms with van der Waals surface area (Å²) < 4.78 is 11.2. The van der Waals surface area contributed by atoms with Crippen LogP contribution in [-0.2, 0) is 19.1 Å². The van der Waals surface area contributed by atoms with Gasteiger partial charge in [-0.05, 0) is 45.4 Å². The van der Waals surface area contributed by atoms with Crippen molar-refractivity contribution in [1.82, 2.24) is 0 Å². The van der Waals surface area contributed by atoms with Crippen molar-refractivity contribution in [2.24, 2.45) is 17.3 Å². The summed E-state index contributed by atoms with van der Waals surface area (Å²) in [7, 11) is 0. The number of aliphatic hydroxyl groups excluding tert-OH is 1. The van der Waals surface area contributed by atoms with E-state index >= 15 is 0 Å². The van der Waals surface area contributed by atoms with Gasteiger partial charge in [-0.25, -0.2) is 9.59 Å². The number of fused-ring (bicyclic) bond motifs is 2. The van der Waals surface area contributed by atoms with E-state index in [0.29, 0.717) is 24.0 Å². The first-order valence-corrected chi connectivity index (χ1v) is 9.25. The molecule has 2 fully saturated rings. The van der Waals surface area contributed by atoms with Gasteiger partial charge in [0.25, 0.3) is 0 Å². The van der Waals surface area contributed by atoms with Gasteiger partial charge in [0.1, 0.15) is 6.10 Å². The fraction of sp³-hybridized carbons (Fsp3) is 0.700. The van der Waals surface area contributed by atoms with E-state index in [1.54, 1.807) is 26.8 Å². The lowest BCUT2D eigenvalue weighted by molar-refractivity contribution is -0.232. The monoisotopic (exact) mass is 364 g/mol. The highest BCUT2D eigenvalue weighted by molar-refractivity contribution is 5.93. The second kappa shape index (κ2) is 6.20. The fourth-order valence-corrected chi connectivity index (χ4v) is 4.88. The van der Waals surface area contributed by atoms with Crippen LogP contribution in [0.2, 0.25) is 0 Å². The van der Waals surface area contributed by atoms with Crippen molar-refractivity contribution in [2.75, 3.05) is 0 Å². The number of rotatable bonds is 2. The number of carbonyl (C=O) groups is 2. The van der Waals surface area contributed by atoms with Crippen LogP contribution in [-0.4, -0.2) is 40.1 Å². The van der Waals surface area contributed by atoms with E-state index in [0.717, 1.165) is 0 Å². The van der Waals surface area contributed by atoms with Crippen LogP contribution >= 0.6 is 0 Å². The molecule has 2 aliphatic carbocycles. The molecule has 0 aromatic rings. The molecular weight excluding hydrogens is 336 g/mol. The van der Waals surface area contributed by atoms with E-state index in [4.69, 9.17) is 9.47 Å². The first kappa shape index (κ1) is 19.1. The zero-order chi connectivity index (χ0) is 19.4. The zero-order valence-corrected chi connectivity index (χ0v) is 16.0. The Morgan fingerprint density at radius 3 is 2.65 bits per heavy atom. The molecule has 0 aromatic carbocycles. The van der Waals surface area contributed by atoms with Gasteiger partial charge in [0, 0.05) is 23.0 Å². The van der Waals surface area contributed by atoms with Crippen molar-refractivity contribution >= 4 is 11.9 Å². The van der Waals surface area contributed by atoms with E-state index in [9.17, 15) is 19.8 Å². The van der Waals surface area contributed by atoms with Crippen LogP contribution in [0.25, 0.3) is 0 Å². The smallest absolute Gasteiger partial charge is 0.336 e. The lowest BCUT2D eigenvalue weighted by atomic mass is 9.51. The summed E-state index contributed by atoms with van der Waals surface area (Å²) in [5, 5.41) is 21.6. The highest BCUT2D eigenvalue weighted by atomic mass is 16.7. The largest absolute Gasteiger partial charge is 0.454 e. The lowest BCUT2D eigenvalue weighted by Crippen LogP contribution is -2.61. The standard InChI is InChI=1S/C20H28O6/c1-6-10(2)17(22)25-16-15-11(3)18(23)26-20(15,24)9-13-7-8-14(21)12(4)19(13,16)5/h6,12-14,16,21,24H,7-9H2,1-5H3/b10-6+/t12-,13+,14-,16+,19+,20-/m0/s1. The number of allylic oxidation sites excluding steroid dienone is 1. The molecular formula is C20H28O6. The second-order valence-electron chi connectivity index (χ2n) is 8.17. The Morgan fingerprint density at radius 1 is 1.38 bits per heavy atom. The van der Waals surface area contributed by atoms with Crippen LogP contribution in [0, 0.1) is 17.3 Å². The molecule has 0 saturated heterocycles. The van der Waals surface area contributed by atoms with Gasteiger partial charge in [0.05, 0.1) is 11.7 Å². The van der Waals surface area contributed by atoms with Crippen molar-refractivity contribution in [1.29, 1.82) is 0 Å². The average Bonchev–Trinajstić information content (AvgIpc) is 2.81. The Hall–Kier alpha value is -1.66. The topological polar surface area (TPSA) is 93.1 Å². The highest BCUT2D eigenvalue weighted by Gasteiger charge is 2.65. The van der Waals surface area contributed by atoms with Gasteiger partial charge in [-0.1, -0.05) is 19.9 Å². The van der Waals surface area contributed by atoms with Gasteiger partial charge in [-0.3, -0.25) is 0 Å². The molecule has 3 rings (SSSR count). The SMILES string of the molecule is C/C=C(\C)C(=O)O[C@@H]1C2=C(C)C(=O)O[C@@]2(O)C[C@H]2CC[C@H](O)[C@H](C)[C@]21C. The molecule has 0 aromatic heterocycles. The van der Waals surface area contributed by atoms with Crippen molar-refractivity contribution in [3.8, 4) is 0 Å². The number of carbonyl (C=O) groups excluding carboxylic acids is 2. The lowest BCUT2D eigenvalue weighted by Gasteiger charge is -2.57. The summed E-state index contributed by atoms with van der Waals surface area (Å²) in [6.45, 7) is 8.92. The Morgan fingerprint density at radius 2 is 2.04 bits per heavy atom. The van der Waals surface area contributed by atoms with Crippen LogP contribution in [0.5, 0.6) is 0 Å². The molecule has 6 nitrogen and oxygen atoms in total. The van der Waals surface area contributed by atoms with Crippen molar-refractivity contribution in [3.05, 3.63) is 22.8 Å². The molecule has 3 aliphatic rings. The molecule has 0 spiro atoms. The third-order valence-electron chi connectivity index (χ3n) is 6.97. The minimum Gasteiger partial charge on any atom is -0.454 e. The van der Waals surface area contributed by atoms with Crippen molar-refractivity contribution in [3.63, 3.8) is 0 Å². The second-order valence-corrected chi connectivity index (χ2v) is 8.17. The van der Waals surface area contributed by atoms with E-state index < -0.39 is 35.3 Å². The van der Waals surface area contributed by atoms with Crippen LogP contribution in [0.3, 0.4) is 0 Å². The number of ether oxygens (including phenoxy) is 2. The minimum absolute atomic E-state index is 0.0444. The molecule has 0 unspecified atom stereocenters. The predicted molar refractivity (Wildman–Crippen MR) is 93.7 cm³/mol. The van der Waals surface area contributed by atoms with E-state index in [1.807, 2.05) is 13.8 Å². The van der Waals surface area contributed by atoms with Crippen LogP contribution < -0.4 is 0 Å². The zero-order valence-electron chi connectivity index (χ0n) is 16.0. The molecule has 1 aliphatic heterocycles. The van der Waals surface area contributed by atoms with E-state index in [2.05, 4.69) is 0 Å². The summed E-state index contributed by atoms with van der Waals surface area (Å²) >= 11 is 0. The average molecular weight is 364 g/mol. The number of aliphatic hydroxyl groups is 2. The molecule has 6 heteroatoms. The normalized spacial score (nSPS) is 42.9. The van der Waals surface area contributed by atoms with Crippen LogP contribution in [0.4, 0.5) is 0 Å². The molecule has 0 amide bonds. The fourth-order valence-electron chi connectivity index (χ4n) is 4.88. The van der Waals surface area contributed by atoms with E-state index in [-0.39, 0.29) is 23.8 Å². The molecule has 2 saturated carbocycles. The van der Waals surface area contributed by atoms with Gasteiger partial charge >= 0.3 is 11.9 Å². The van der Waals surface area contributed by atoms with Gasteiger partial charge in [-0.2, -0.15) is 0 Å². The van der Waals surface area contributed by atoms with Crippen molar-refractivity contribution < 1.29 is 29.3 Å². The van der Waals surface area contributed by atoms with Gasteiger partial charge < -0.3 is 19.7 Å². The Kier molecular flexibility index (Phi) is 4.56. The summed E-state index contributed by atoms with van der Waals surface area (Å²) in [4.78, 5) is 24.7. The molecule has 6 atom stereocenters. The van der Waals surface area contributed by atoms with Crippen molar-refractivity contribution in [2.45, 2.75) is 71.9 Å². The van der Waals surface area contributed by atoms with E-state index in [1.165, 1.54) is 0 Å². The Labute approximate surface area is 153 Å². The molecule has 26 heavy (non-hydrogen) atoms. The van der Waals surface area contributed by atoms with Gasteiger partial charge in [0.2, 0.25) is 5.79 Å². The summed E-state index contributed by atoms with van der Waals surface area (Å²) in [6, 6.07) is 0. The first-order valence-electron chi connectivity index (χ1n) is 9.25. The third-order valence-corrected chi connectivity index (χ3v) is 6.97. The van der Waals surface area contributed by atoms with Crippen LogP contribution in [0.15, 0.2) is 22.8 Å². The summed E-state index contributed by atoms with van der Waals surface area (Å²) in [5.41, 5.74) is 0.472. The third kappa shape index (κ3) is 2.54. The Bertz CT molecular complexity index is 707. The quantitative estimate of drug-likeness (QED) is 0.577. The molecule has 0 radical (unpaired) electrons. The molecule has 2 N–H and O–H groups in total. The summed E-state index contributed by atoms with van der Waals surface area (Å²) in [6.07, 6.45) is 1.85. The first-order chi connectivity index (χ1) is 12.1. The molecule has 0 bridgehead atoms. The van der Waals surface area contributed by atoms with Gasteiger partial charge in [-0.15, -0.1) is 0 Å². The maximum Gasteiger partial charge on any atom is 0.336 e. The number of hydrogen-bond donors (Lipinski definition) is 2. The van der Waals surface area contributed by atoms with Gasteiger partial charge in [0.15, 0.2) is 0 Å². The predicted octanol–water partition coefficient (Wildman–Crippen LogP) is 2.24. The maximum atomic E-state index is 12.5. The molecule has 144 valence electrons. The van der Waals surface area contributed by atoms with Crippen LogP contribution in [0.1, 0.15) is 53.9 Å². The number of hydrogen-bond acceptors (Lipinski definition) is 6. The minimum atomic E-state index is -1.73. The molecule has 1 heterocycles. The number of esters is 2. The Balaban J connectivity index is 2.14. The summed E-state index contributed by atoms with van der Waals surface area (Å²) in [5.74, 6) is -3.01. The highest BCUT2D eigenvalue weighted by Crippen LogP contribution is 2.60. The maximum absolute atomic E-state index is 12.5.